The van der Waals surface area contributed by atoms with Crippen molar-refractivity contribution < 1.29 is 9.59 Å². The van der Waals surface area contributed by atoms with Gasteiger partial charge in [-0.3, -0.25) is 14.7 Å². The van der Waals surface area contributed by atoms with E-state index >= 15 is 0 Å². The first-order chi connectivity index (χ1) is 12.1. The second kappa shape index (κ2) is 6.05. The van der Waals surface area contributed by atoms with Crippen LogP contribution in [0.5, 0.6) is 0 Å². The van der Waals surface area contributed by atoms with Crippen LogP contribution >= 0.6 is 0 Å². The van der Waals surface area contributed by atoms with E-state index in [0.29, 0.717) is 12.2 Å². The summed E-state index contributed by atoms with van der Waals surface area (Å²) >= 11 is 0. The van der Waals surface area contributed by atoms with Crippen LogP contribution in [0.25, 0.3) is 10.9 Å². The third-order valence-electron chi connectivity index (χ3n) is 4.55. The van der Waals surface area contributed by atoms with E-state index in [4.69, 9.17) is 0 Å². The number of nitrogens with zero attached hydrogens (tertiary/aromatic N) is 2. The molecule has 6 nitrogen and oxygen atoms in total. The Morgan fingerprint density at radius 1 is 1.24 bits per heavy atom. The van der Waals surface area contributed by atoms with Crippen LogP contribution in [0.1, 0.15) is 12.0 Å². The van der Waals surface area contributed by atoms with Gasteiger partial charge in [0, 0.05) is 29.7 Å². The zero-order valence-electron chi connectivity index (χ0n) is 13.8. The number of amides is 2. The standard InChI is InChI=1S/C19H18N4O2/c1-12-2-5-16(6-3-12)23-11-14(9-18(23)24)19(25)21-15-4-7-17-13(8-15)10-20-22-17/h2-8,10,14H,9,11H2,1H3,(H,20,22)(H,21,25). The van der Waals surface area contributed by atoms with Gasteiger partial charge in [0.25, 0.3) is 0 Å². The lowest BCUT2D eigenvalue weighted by Gasteiger charge is -2.17. The highest BCUT2D eigenvalue weighted by atomic mass is 16.2. The van der Waals surface area contributed by atoms with Gasteiger partial charge in [-0.25, -0.2) is 0 Å². The van der Waals surface area contributed by atoms with Gasteiger partial charge in [-0.15, -0.1) is 0 Å². The van der Waals surface area contributed by atoms with Gasteiger partial charge in [0.2, 0.25) is 11.8 Å². The number of H-pyrrole nitrogens is 1. The van der Waals surface area contributed by atoms with Crippen LogP contribution in [-0.2, 0) is 9.59 Å². The highest BCUT2D eigenvalue weighted by Gasteiger charge is 2.35. The molecule has 3 aromatic rings. The summed E-state index contributed by atoms with van der Waals surface area (Å²) in [5.41, 5.74) is 3.60. The van der Waals surface area contributed by atoms with Crippen molar-refractivity contribution >= 4 is 34.1 Å². The van der Waals surface area contributed by atoms with E-state index in [9.17, 15) is 9.59 Å². The van der Waals surface area contributed by atoms with Crippen molar-refractivity contribution in [1.29, 1.82) is 0 Å². The zero-order valence-corrected chi connectivity index (χ0v) is 13.8. The molecule has 1 unspecified atom stereocenters. The van der Waals surface area contributed by atoms with Crippen molar-refractivity contribution in [3.8, 4) is 0 Å². The minimum atomic E-state index is -0.353. The predicted molar refractivity (Wildman–Crippen MR) is 96.4 cm³/mol. The molecule has 0 aliphatic carbocycles. The van der Waals surface area contributed by atoms with Gasteiger partial charge in [-0.05, 0) is 37.3 Å². The summed E-state index contributed by atoms with van der Waals surface area (Å²) in [5.74, 6) is -0.506. The van der Waals surface area contributed by atoms with Gasteiger partial charge in [-0.2, -0.15) is 5.10 Å². The molecular weight excluding hydrogens is 316 g/mol. The number of hydrogen-bond donors (Lipinski definition) is 2. The van der Waals surface area contributed by atoms with E-state index in [0.717, 1.165) is 22.2 Å². The van der Waals surface area contributed by atoms with Crippen LogP contribution in [0.4, 0.5) is 11.4 Å². The van der Waals surface area contributed by atoms with E-state index in [1.807, 2.05) is 49.4 Å². The van der Waals surface area contributed by atoms with E-state index in [1.54, 1.807) is 11.1 Å². The fourth-order valence-corrected chi connectivity index (χ4v) is 3.12. The number of fused-ring (bicyclic) bond motifs is 1. The molecule has 0 radical (unpaired) electrons. The maximum atomic E-state index is 12.6. The van der Waals surface area contributed by atoms with Crippen LogP contribution in [0.3, 0.4) is 0 Å². The van der Waals surface area contributed by atoms with Crippen molar-refractivity contribution in [1.82, 2.24) is 10.2 Å². The first-order valence-electron chi connectivity index (χ1n) is 8.21. The Hall–Kier alpha value is -3.15. The van der Waals surface area contributed by atoms with Crippen molar-refractivity contribution in [2.75, 3.05) is 16.8 Å². The summed E-state index contributed by atoms with van der Waals surface area (Å²) in [6.45, 7) is 2.41. The maximum absolute atomic E-state index is 12.6. The molecule has 126 valence electrons. The first-order valence-corrected chi connectivity index (χ1v) is 8.21. The molecule has 1 aliphatic heterocycles. The van der Waals surface area contributed by atoms with Crippen molar-refractivity contribution in [3.63, 3.8) is 0 Å². The van der Waals surface area contributed by atoms with Gasteiger partial charge < -0.3 is 10.2 Å². The molecular formula is C19H18N4O2. The number of benzene rings is 2. The zero-order chi connectivity index (χ0) is 17.4. The van der Waals surface area contributed by atoms with E-state index in [2.05, 4.69) is 15.5 Å². The molecule has 0 bridgehead atoms. The number of nitrogens with one attached hydrogen (secondary N) is 2. The largest absolute Gasteiger partial charge is 0.326 e. The van der Waals surface area contributed by atoms with Gasteiger partial charge in [-0.1, -0.05) is 17.7 Å². The fourth-order valence-electron chi connectivity index (χ4n) is 3.12. The molecule has 1 fully saturated rings. The Labute approximate surface area is 144 Å². The SMILES string of the molecule is Cc1ccc(N2CC(C(=O)Nc3ccc4[nH]ncc4c3)CC2=O)cc1. The number of aromatic amines is 1. The molecule has 0 spiro atoms. The molecule has 1 atom stereocenters. The van der Waals surface area contributed by atoms with Crippen LogP contribution in [-0.4, -0.2) is 28.6 Å². The summed E-state index contributed by atoms with van der Waals surface area (Å²) in [6.07, 6.45) is 1.94. The van der Waals surface area contributed by atoms with Crippen LogP contribution < -0.4 is 10.2 Å². The molecule has 2 amide bonds. The predicted octanol–water partition coefficient (Wildman–Crippen LogP) is 2.86. The lowest BCUT2D eigenvalue weighted by atomic mass is 10.1. The van der Waals surface area contributed by atoms with Crippen molar-refractivity contribution in [3.05, 3.63) is 54.2 Å². The quantitative estimate of drug-likeness (QED) is 0.773. The lowest BCUT2D eigenvalue weighted by Crippen LogP contribution is -2.28. The van der Waals surface area contributed by atoms with Crippen molar-refractivity contribution in [2.24, 2.45) is 5.92 Å². The molecule has 2 N–H and O–H groups in total. The highest BCUT2D eigenvalue weighted by molar-refractivity contribution is 6.04. The summed E-state index contributed by atoms with van der Waals surface area (Å²) in [7, 11) is 0. The Balaban J connectivity index is 1.47. The highest BCUT2D eigenvalue weighted by Crippen LogP contribution is 2.26. The smallest absolute Gasteiger partial charge is 0.229 e. The molecule has 0 saturated carbocycles. The van der Waals surface area contributed by atoms with Gasteiger partial charge in [0.1, 0.15) is 0 Å². The summed E-state index contributed by atoms with van der Waals surface area (Å²) < 4.78 is 0. The number of anilines is 2. The Morgan fingerprint density at radius 3 is 2.84 bits per heavy atom. The summed E-state index contributed by atoms with van der Waals surface area (Å²) in [6, 6.07) is 13.3. The van der Waals surface area contributed by atoms with Crippen LogP contribution in [0, 0.1) is 12.8 Å². The molecule has 6 heteroatoms. The monoisotopic (exact) mass is 334 g/mol. The second-order valence-corrected chi connectivity index (χ2v) is 6.40. The third-order valence-corrected chi connectivity index (χ3v) is 4.55. The first kappa shape index (κ1) is 15.4. The number of hydrogen-bond acceptors (Lipinski definition) is 3. The fraction of sp³-hybridized carbons (Fsp3) is 0.211. The van der Waals surface area contributed by atoms with E-state index < -0.39 is 0 Å². The minimum Gasteiger partial charge on any atom is -0.326 e. The molecule has 1 aliphatic rings. The normalized spacial score (nSPS) is 17.2. The Kier molecular flexibility index (Phi) is 3.72. The molecule has 4 rings (SSSR count). The van der Waals surface area contributed by atoms with E-state index in [-0.39, 0.29) is 24.2 Å². The van der Waals surface area contributed by atoms with Crippen LogP contribution in [0.2, 0.25) is 0 Å². The number of carbonyl (C=O) groups excluding carboxylic acids is 2. The number of aromatic nitrogens is 2. The van der Waals surface area contributed by atoms with Gasteiger partial charge >= 0.3 is 0 Å². The van der Waals surface area contributed by atoms with Crippen molar-refractivity contribution in [2.45, 2.75) is 13.3 Å². The Morgan fingerprint density at radius 2 is 2.04 bits per heavy atom. The van der Waals surface area contributed by atoms with E-state index in [1.165, 1.54) is 0 Å². The third kappa shape index (κ3) is 2.98. The summed E-state index contributed by atoms with van der Waals surface area (Å²) in [5, 5.41) is 10.7. The molecule has 2 heterocycles. The molecule has 1 saturated heterocycles. The lowest BCUT2D eigenvalue weighted by molar-refractivity contribution is -0.122. The topological polar surface area (TPSA) is 78.1 Å². The number of aryl methyl sites for hydroxylation is 1. The molecule has 25 heavy (non-hydrogen) atoms. The maximum Gasteiger partial charge on any atom is 0.229 e. The minimum absolute atomic E-state index is 0.0192. The average molecular weight is 334 g/mol. The number of rotatable bonds is 3. The molecule has 1 aromatic heterocycles. The number of carbonyl (C=O) groups is 2. The van der Waals surface area contributed by atoms with Gasteiger partial charge in [0.15, 0.2) is 0 Å². The Bertz CT molecular complexity index is 945. The second-order valence-electron chi connectivity index (χ2n) is 6.40. The average Bonchev–Trinajstić information content (AvgIpc) is 3.22. The molecule has 2 aromatic carbocycles. The van der Waals surface area contributed by atoms with Crippen LogP contribution in [0.15, 0.2) is 48.7 Å². The summed E-state index contributed by atoms with van der Waals surface area (Å²) in [4.78, 5) is 26.5. The van der Waals surface area contributed by atoms with Gasteiger partial charge in [0.05, 0.1) is 17.6 Å².